The van der Waals surface area contributed by atoms with E-state index in [0.717, 1.165) is 94.0 Å². The number of ether oxygens (including phenoxy) is 1. The fourth-order valence-electron chi connectivity index (χ4n) is 16.2. The number of H-pyrrole nitrogens is 5. The normalized spacial score (nSPS) is 15.2. The zero-order chi connectivity index (χ0) is 91.4. The molecular weight excluding hydrogens is 1690 g/mol. The van der Waals surface area contributed by atoms with Crippen molar-refractivity contribution in [2.24, 2.45) is 10.3 Å². The molecule has 32 nitrogen and oxygen atoms in total. The van der Waals surface area contributed by atoms with E-state index in [2.05, 4.69) is 93.2 Å². The Morgan fingerprint density at radius 1 is 0.444 bits per heavy atom. The van der Waals surface area contributed by atoms with Crippen LogP contribution in [0.3, 0.4) is 0 Å². The highest BCUT2D eigenvalue weighted by atomic mass is 35.5. The highest BCUT2D eigenvalue weighted by Gasteiger charge is 2.41. The molecule has 0 spiro atoms. The number of aliphatic hydroxyl groups is 2. The second-order valence-corrected chi connectivity index (χ2v) is 36.5. The van der Waals surface area contributed by atoms with Crippen molar-refractivity contribution < 1.29 is 34.2 Å². The summed E-state index contributed by atoms with van der Waals surface area (Å²) < 4.78 is 14.1. The number of piperidine rings is 2. The standard InChI is InChI=1S/C21H29ClN4O3.C18H25ClN4O3.3C16H23ClN4O2/c1-6-14(7-2)26-17-16(15(22)12-23-18(17)24-19(26)27)13-8-10-25(11-9-13)20(28)29-21(3,4)5;1-4-12(5-2)23-15-14(13(19)10-20-16(15)21-17(23)25)18(26)6-8-22(9-7-18)11(3)24;1-3-10(4-2)21-13-12(16(23)5-7-18-8-6-16)11(17)9-19-14(13)20-15(21)22;2*1-6-10(7-2)21-13-11(8-19-23-16(3,4)5)12(17)9-18-14(13)20-15(21)22/h8,12,14H,6-7,9-11H2,1-5H3,(H,23,24,27);10,12,26H,4-9H2,1-3H3,(H,20,21,25);9-10,18,23H,3-8H2,1-2H3,(H,19,20,22);2*8-10H,6-7H2,1-5H3,(H,18,20,22)/b;;;19-8+;19-8-. The lowest BCUT2D eigenvalue weighted by Crippen LogP contribution is -2.44. The number of nitrogens with one attached hydrogen (secondary N) is 6. The van der Waals surface area contributed by atoms with Gasteiger partial charge in [-0.2, -0.15) is 0 Å². The van der Waals surface area contributed by atoms with Gasteiger partial charge in [-0.1, -0.05) is 144 Å². The number of imidazole rings is 5. The van der Waals surface area contributed by atoms with Crippen molar-refractivity contribution in [1.82, 2.24) is 87.8 Å². The number of fused-ring (bicyclic) bond motifs is 5. The van der Waals surface area contributed by atoms with Crippen molar-refractivity contribution in [3.63, 3.8) is 0 Å². The summed E-state index contributed by atoms with van der Waals surface area (Å²) in [6, 6.07) is 0.272. The highest BCUT2D eigenvalue weighted by Crippen LogP contribution is 2.44. The maximum atomic E-state index is 12.7. The molecule has 13 heterocycles. The second-order valence-electron chi connectivity index (χ2n) is 34.4. The van der Waals surface area contributed by atoms with E-state index in [9.17, 15) is 43.8 Å². The van der Waals surface area contributed by atoms with Crippen LogP contribution in [0.5, 0.6) is 0 Å². The zero-order valence-corrected chi connectivity index (χ0v) is 78.8. The topological polar surface area (TPSA) is 399 Å². The van der Waals surface area contributed by atoms with Crippen LogP contribution in [0.25, 0.3) is 61.4 Å². The molecule has 2 fully saturated rings. The van der Waals surface area contributed by atoms with E-state index in [4.69, 9.17) is 72.4 Å². The van der Waals surface area contributed by atoms with E-state index in [1.54, 1.807) is 51.3 Å². The lowest BCUT2D eigenvalue weighted by Gasteiger charge is -2.39. The molecule has 10 aromatic rings. The third kappa shape index (κ3) is 22.4. The minimum absolute atomic E-state index is 0.00354. The van der Waals surface area contributed by atoms with Gasteiger partial charge in [-0.15, -0.1) is 0 Å². The van der Waals surface area contributed by atoms with E-state index < -0.39 is 28.0 Å². The largest absolute Gasteiger partial charge is 0.444 e. The number of rotatable bonds is 22. The van der Waals surface area contributed by atoms with Crippen LogP contribution >= 0.6 is 58.0 Å². The molecular formula is C87H123Cl5N20O12. The average Bonchev–Trinajstić information content (AvgIpc) is 1.56. The van der Waals surface area contributed by atoms with Crippen molar-refractivity contribution in [1.29, 1.82) is 0 Å². The maximum absolute atomic E-state index is 12.7. The molecule has 37 heteroatoms. The van der Waals surface area contributed by atoms with Gasteiger partial charge in [0.2, 0.25) is 5.91 Å². The fraction of sp³-hybridized carbons (Fsp3) is 0.586. The van der Waals surface area contributed by atoms with Gasteiger partial charge in [0, 0.05) is 122 Å². The molecule has 2 saturated heterocycles. The Balaban J connectivity index is 0.000000176. The number of oxime groups is 2. The number of carbonyl (C=O) groups is 2. The molecule has 13 rings (SSSR count). The SMILES string of the molecule is CCC(CC)n1c(=O)[nH]c2ncc(Cl)c(/C=N/OC(C)(C)C)c21.CCC(CC)n1c(=O)[nH]c2ncc(Cl)c(/C=N\OC(C)(C)C)c21.CCC(CC)n1c(=O)[nH]c2ncc(Cl)c(C3(O)CCN(C(C)=O)CC3)c21.CCC(CC)n1c(=O)[nH]c2ncc(Cl)c(C3(O)CCNCC3)c21.CCC(CC)n1c(=O)[nH]c2ncc(Cl)c(C3=CCN(C(=O)OC(C)(C)C)CC3)c21. The summed E-state index contributed by atoms with van der Waals surface area (Å²) in [6.45, 7) is 42.3. The first kappa shape index (κ1) is 98.6. The van der Waals surface area contributed by atoms with Crippen LogP contribution in [0, 0.1) is 0 Å². The number of amides is 2. The molecule has 0 saturated carbocycles. The lowest BCUT2D eigenvalue weighted by molar-refractivity contribution is -0.133. The third-order valence-corrected chi connectivity index (χ3v) is 24.1. The van der Waals surface area contributed by atoms with Crippen LogP contribution < -0.4 is 33.8 Å². The van der Waals surface area contributed by atoms with Gasteiger partial charge in [-0.05, 0) is 177 Å². The molecule has 0 aliphatic carbocycles. The number of carbonyl (C=O) groups excluding carboxylic acids is 2. The summed E-state index contributed by atoms with van der Waals surface area (Å²) in [7, 11) is 0. The van der Waals surface area contributed by atoms with Crippen molar-refractivity contribution in [2.75, 3.05) is 39.3 Å². The van der Waals surface area contributed by atoms with Gasteiger partial charge >= 0.3 is 34.5 Å². The Labute approximate surface area is 746 Å². The molecule has 0 bridgehead atoms. The molecule has 678 valence electrons. The van der Waals surface area contributed by atoms with Gasteiger partial charge in [0.1, 0.15) is 16.8 Å². The van der Waals surface area contributed by atoms with Crippen LogP contribution in [0.2, 0.25) is 25.1 Å². The summed E-state index contributed by atoms with van der Waals surface area (Å²) in [6.07, 6.45) is 23.1. The first-order chi connectivity index (χ1) is 58.6. The molecule has 0 radical (unpaired) electrons. The van der Waals surface area contributed by atoms with Crippen LogP contribution in [0.1, 0.15) is 293 Å². The summed E-state index contributed by atoms with van der Waals surface area (Å²) in [5, 5.41) is 36.0. The quantitative estimate of drug-likeness (QED) is 0.0231. The molecule has 0 atom stereocenters. The molecule has 0 unspecified atom stereocenters. The minimum Gasteiger partial charge on any atom is -0.444 e. The Morgan fingerprint density at radius 3 is 1.06 bits per heavy atom. The Hall–Kier alpha value is -9.15. The van der Waals surface area contributed by atoms with Gasteiger partial charge in [0.05, 0.1) is 76.3 Å². The number of pyridine rings is 5. The van der Waals surface area contributed by atoms with Crippen molar-refractivity contribution in [3.05, 3.63) is 142 Å². The van der Waals surface area contributed by atoms with E-state index in [-0.39, 0.29) is 70.7 Å². The number of aromatic amines is 5. The van der Waals surface area contributed by atoms with Crippen LogP contribution in [-0.4, -0.2) is 173 Å². The van der Waals surface area contributed by atoms with E-state index in [1.165, 1.54) is 31.7 Å². The molecule has 2 amide bonds. The maximum Gasteiger partial charge on any atom is 0.410 e. The summed E-state index contributed by atoms with van der Waals surface area (Å²) >= 11 is 32.0. The smallest absolute Gasteiger partial charge is 0.410 e. The Kier molecular flexibility index (Phi) is 33.4. The Morgan fingerprint density at radius 2 is 0.750 bits per heavy atom. The number of hydrogen-bond donors (Lipinski definition) is 8. The summed E-state index contributed by atoms with van der Waals surface area (Å²) in [4.78, 5) is 136. The second kappa shape index (κ2) is 42.0. The molecule has 3 aliphatic heterocycles. The van der Waals surface area contributed by atoms with Crippen LogP contribution in [0.4, 0.5) is 4.79 Å². The zero-order valence-electron chi connectivity index (χ0n) is 75.0. The van der Waals surface area contributed by atoms with Gasteiger partial charge in [-0.25, -0.2) is 53.7 Å². The molecule has 0 aromatic carbocycles. The van der Waals surface area contributed by atoms with E-state index in [0.29, 0.717) is 156 Å². The van der Waals surface area contributed by atoms with Gasteiger partial charge in [-0.3, -0.25) is 52.5 Å². The molecule has 10 aromatic heterocycles. The van der Waals surface area contributed by atoms with Crippen molar-refractivity contribution >= 4 is 144 Å². The summed E-state index contributed by atoms with van der Waals surface area (Å²) in [5.41, 5.74) is 5.51. The van der Waals surface area contributed by atoms with E-state index in [1.807, 2.05) is 110 Å². The minimum atomic E-state index is -1.20. The van der Waals surface area contributed by atoms with Crippen molar-refractivity contribution in [2.45, 2.75) is 293 Å². The van der Waals surface area contributed by atoms with Gasteiger partial charge < -0.3 is 39.7 Å². The molecule has 3 aliphatic rings. The highest BCUT2D eigenvalue weighted by molar-refractivity contribution is 6.35. The number of nitrogens with zero attached hydrogens (tertiary/aromatic N) is 14. The average molecular weight is 1820 g/mol. The van der Waals surface area contributed by atoms with Gasteiger partial charge in [0.25, 0.3) is 0 Å². The Bertz CT molecular complexity index is 5660. The van der Waals surface area contributed by atoms with Gasteiger partial charge in [0.15, 0.2) is 28.2 Å². The predicted molar refractivity (Wildman–Crippen MR) is 494 cm³/mol. The first-order valence-corrected chi connectivity index (χ1v) is 44.9. The molecule has 124 heavy (non-hydrogen) atoms. The summed E-state index contributed by atoms with van der Waals surface area (Å²) in [5.74, 6) is -0.00592. The number of aromatic nitrogens is 15. The fourth-order valence-corrected chi connectivity index (χ4v) is 17.5. The van der Waals surface area contributed by atoms with Crippen molar-refractivity contribution in [3.8, 4) is 0 Å². The predicted octanol–water partition coefficient (Wildman–Crippen LogP) is 17.4. The third-order valence-electron chi connectivity index (χ3n) is 22.7. The first-order valence-electron chi connectivity index (χ1n) is 43.0. The number of hydrogen-bond acceptors (Lipinski definition) is 20. The van der Waals surface area contributed by atoms with Crippen LogP contribution in [-0.2, 0) is 30.4 Å². The van der Waals surface area contributed by atoms with Crippen LogP contribution in [0.15, 0.2) is 71.3 Å². The molecule has 8 N–H and O–H groups in total. The van der Waals surface area contributed by atoms with E-state index >= 15 is 0 Å². The number of likely N-dealkylation sites (tertiary alicyclic amines) is 1. The monoisotopic (exact) mass is 1810 g/mol. The lowest BCUT2D eigenvalue weighted by atomic mass is 9.84. The number of halogens is 5.